The minimum Gasteiger partial charge on any atom is -0.339 e. The summed E-state index contributed by atoms with van der Waals surface area (Å²) in [6.45, 7) is 5.83. The SMILES string of the molecule is CNC1CCN(CC(=O)N2CCCCC2C)C1. The maximum absolute atomic E-state index is 12.2. The van der Waals surface area contributed by atoms with Gasteiger partial charge < -0.3 is 10.2 Å². The molecule has 2 unspecified atom stereocenters. The number of hydrogen-bond acceptors (Lipinski definition) is 3. The minimum atomic E-state index is 0.328. The van der Waals surface area contributed by atoms with Crippen LogP contribution in [0.25, 0.3) is 0 Å². The summed E-state index contributed by atoms with van der Waals surface area (Å²) in [4.78, 5) is 16.6. The summed E-state index contributed by atoms with van der Waals surface area (Å²) in [5.74, 6) is 0.328. The summed E-state index contributed by atoms with van der Waals surface area (Å²) in [6, 6.07) is 1.01. The van der Waals surface area contributed by atoms with Gasteiger partial charge in [-0.15, -0.1) is 0 Å². The summed E-state index contributed by atoms with van der Waals surface area (Å²) >= 11 is 0. The number of carbonyl (C=O) groups is 1. The van der Waals surface area contributed by atoms with Crippen LogP contribution in [0.15, 0.2) is 0 Å². The zero-order chi connectivity index (χ0) is 12.3. The monoisotopic (exact) mass is 239 g/mol. The number of piperidine rings is 1. The molecular weight excluding hydrogens is 214 g/mol. The molecule has 0 saturated carbocycles. The summed E-state index contributed by atoms with van der Waals surface area (Å²) in [7, 11) is 2.00. The third-order valence-electron chi connectivity index (χ3n) is 4.16. The van der Waals surface area contributed by atoms with E-state index in [1.807, 2.05) is 7.05 Å². The van der Waals surface area contributed by atoms with Gasteiger partial charge in [0.1, 0.15) is 0 Å². The van der Waals surface area contributed by atoms with E-state index < -0.39 is 0 Å². The Morgan fingerprint density at radius 2 is 2.12 bits per heavy atom. The van der Waals surface area contributed by atoms with Crippen molar-refractivity contribution < 1.29 is 4.79 Å². The van der Waals surface area contributed by atoms with E-state index >= 15 is 0 Å². The molecule has 2 aliphatic rings. The van der Waals surface area contributed by atoms with E-state index in [4.69, 9.17) is 0 Å². The molecule has 2 atom stereocenters. The highest BCUT2D eigenvalue weighted by Gasteiger charge is 2.27. The average Bonchev–Trinajstić information content (AvgIpc) is 2.77. The summed E-state index contributed by atoms with van der Waals surface area (Å²) < 4.78 is 0. The fraction of sp³-hybridized carbons (Fsp3) is 0.923. The van der Waals surface area contributed by atoms with Gasteiger partial charge in [0.2, 0.25) is 5.91 Å². The van der Waals surface area contributed by atoms with Crippen LogP contribution in [0.4, 0.5) is 0 Å². The molecule has 2 rings (SSSR count). The molecule has 1 N–H and O–H groups in total. The molecule has 2 aliphatic heterocycles. The van der Waals surface area contributed by atoms with Gasteiger partial charge in [-0.3, -0.25) is 9.69 Å². The van der Waals surface area contributed by atoms with Gasteiger partial charge in [-0.25, -0.2) is 0 Å². The van der Waals surface area contributed by atoms with E-state index in [9.17, 15) is 4.79 Å². The number of likely N-dealkylation sites (tertiary alicyclic amines) is 2. The average molecular weight is 239 g/mol. The second-order valence-electron chi connectivity index (χ2n) is 5.44. The molecule has 0 radical (unpaired) electrons. The molecule has 0 spiro atoms. The Bertz CT molecular complexity index is 269. The van der Waals surface area contributed by atoms with E-state index in [-0.39, 0.29) is 0 Å². The summed E-state index contributed by atoms with van der Waals surface area (Å²) in [5.41, 5.74) is 0. The van der Waals surface area contributed by atoms with Gasteiger partial charge in [-0.2, -0.15) is 0 Å². The molecule has 2 heterocycles. The molecule has 1 amide bonds. The number of amides is 1. The highest BCUT2D eigenvalue weighted by molar-refractivity contribution is 5.78. The van der Waals surface area contributed by atoms with Crippen molar-refractivity contribution in [2.75, 3.05) is 33.2 Å². The highest BCUT2D eigenvalue weighted by Crippen LogP contribution is 2.17. The first-order valence-corrected chi connectivity index (χ1v) is 6.90. The first-order valence-electron chi connectivity index (χ1n) is 6.90. The van der Waals surface area contributed by atoms with Crippen LogP contribution in [0.1, 0.15) is 32.6 Å². The van der Waals surface area contributed by atoms with Gasteiger partial charge in [0.05, 0.1) is 6.54 Å². The lowest BCUT2D eigenvalue weighted by Gasteiger charge is -2.34. The lowest BCUT2D eigenvalue weighted by Crippen LogP contribution is -2.46. The second kappa shape index (κ2) is 5.83. The molecular formula is C13H25N3O. The van der Waals surface area contributed by atoms with Crippen molar-refractivity contribution in [3.8, 4) is 0 Å². The fourth-order valence-electron chi connectivity index (χ4n) is 2.96. The first-order chi connectivity index (χ1) is 8.20. The van der Waals surface area contributed by atoms with Crippen molar-refractivity contribution in [2.45, 2.75) is 44.7 Å². The Balaban J connectivity index is 1.80. The van der Waals surface area contributed by atoms with Crippen molar-refractivity contribution in [2.24, 2.45) is 0 Å². The molecule has 2 saturated heterocycles. The Hall–Kier alpha value is -0.610. The number of hydrogen-bond donors (Lipinski definition) is 1. The normalized spacial score (nSPS) is 30.8. The highest BCUT2D eigenvalue weighted by atomic mass is 16.2. The van der Waals surface area contributed by atoms with Crippen molar-refractivity contribution in [3.05, 3.63) is 0 Å². The standard InChI is InChI=1S/C13H25N3O/c1-11-5-3-4-7-16(11)13(17)10-15-8-6-12(9-15)14-2/h11-12,14H,3-10H2,1-2H3. The van der Waals surface area contributed by atoms with Crippen LogP contribution in [0.3, 0.4) is 0 Å². The molecule has 17 heavy (non-hydrogen) atoms. The van der Waals surface area contributed by atoms with Crippen LogP contribution in [0.2, 0.25) is 0 Å². The predicted molar refractivity (Wildman–Crippen MR) is 68.9 cm³/mol. The van der Waals surface area contributed by atoms with Crippen molar-refractivity contribution in [1.29, 1.82) is 0 Å². The van der Waals surface area contributed by atoms with E-state index in [0.29, 0.717) is 24.5 Å². The predicted octanol–water partition coefficient (Wildman–Crippen LogP) is 0.681. The number of nitrogens with zero attached hydrogens (tertiary/aromatic N) is 2. The molecule has 0 aliphatic carbocycles. The van der Waals surface area contributed by atoms with E-state index in [2.05, 4.69) is 22.0 Å². The first kappa shape index (κ1) is 12.8. The van der Waals surface area contributed by atoms with Gasteiger partial charge in [-0.05, 0) is 39.7 Å². The van der Waals surface area contributed by atoms with Crippen LogP contribution in [0, 0.1) is 0 Å². The van der Waals surface area contributed by atoms with E-state index in [0.717, 1.165) is 19.6 Å². The maximum atomic E-state index is 12.2. The van der Waals surface area contributed by atoms with Crippen LogP contribution < -0.4 is 5.32 Å². The van der Waals surface area contributed by atoms with Crippen LogP contribution in [-0.2, 0) is 4.79 Å². The largest absolute Gasteiger partial charge is 0.339 e. The quantitative estimate of drug-likeness (QED) is 0.787. The Kier molecular flexibility index (Phi) is 4.40. The summed E-state index contributed by atoms with van der Waals surface area (Å²) in [5, 5.41) is 3.29. The Labute approximate surface area is 104 Å². The Morgan fingerprint density at radius 1 is 1.29 bits per heavy atom. The molecule has 98 valence electrons. The van der Waals surface area contributed by atoms with E-state index in [1.54, 1.807) is 0 Å². The van der Waals surface area contributed by atoms with Crippen LogP contribution in [-0.4, -0.2) is 61.0 Å². The van der Waals surface area contributed by atoms with Gasteiger partial charge in [-0.1, -0.05) is 0 Å². The second-order valence-corrected chi connectivity index (χ2v) is 5.44. The minimum absolute atomic E-state index is 0.328. The van der Waals surface area contributed by atoms with Gasteiger partial charge in [0, 0.05) is 31.7 Å². The topological polar surface area (TPSA) is 35.6 Å². The lowest BCUT2D eigenvalue weighted by atomic mass is 10.0. The van der Waals surface area contributed by atoms with Gasteiger partial charge in [0.15, 0.2) is 0 Å². The molecule has 0 aromatic heterocycles. The molecule has 2 fully saturated rings. The van der Waals surface area contributed by atoms with Crippen molar-refractivity contribution in [3.63, 3.8) is 0 Å². The lowest BCUT2D eigenvalue weighted by molar-refractivity contribution is -0.135. The molecule has 4 nitrogen and oxygen atoms in total. The maximum Gasteiger partial charge on any atom is 0.236 e. The van der Waals surface area contributed by atoms with Crippen LogP contribution in [0.5, 0.6) is 0 Å². The van der Waals surface area contributed by atoms with Crippen LogP contribution >= 0.6 is 0 Å². The van der Waals surface area contributed by atoms with Crippen molar-refractivity contribution in [1.82, 2.24) is 15.1 Å². The van der Waals surface area contributed by atoms with Gasteiger partial charge >= 0.3 is 0 Å². The third kappa shape index (κ3) is 3.19. The zero-order valence-electron chi connectivity index (χ0n) is 11.1. The van der Waals surface area contributed by atoms with Crippen molar-refractivity contribution >= 4 is 5.91 Å². The zero-order valence-corrected chi connectivity index (χ0v) is 11.1. The number of likely N-dealkylation sites (N-methyl/N-ethyl adjacent to an activating group) is 1. The molecule has 0 aromatic rings. The number of nitrogens with one attached hydrogen (secondary N) is 1. The van der Waals surface area contributed by atoms with Gasteiger partial charge in [0.25, 0.3) is 0 Å². The smallest absolute Gasteiger partial charge is 0.236 e. The fourth-order valence-corrected chi connectivity index (χ4v) is 2.96. The molecule has 0 bridgehead atoms. The molecule has 0 aromatic carbocycles. The summed E-state index contributed by atoms with van der Waals surface area (Å²) in [6.07, 6.45) is 4.79. The Morgan fingerprint density at radius 3 is 2.76 bits per heavy atom. The third-order valence-corrected chi connectivity index (χ3v) is 4.16. The van der Waals surface area contributed by atoms with E-state index in [1.165, 1.54) is 25.7 Å². The number of carbonyl (C=O) groups excluding carboxylic acids is 1. The number of rotatable bonds is 3. The molecule has 4 heteroatoms.